The van der Waals surface area contributed by atoms with Gasteiger partial charge in [-0.15, -0.1) is 0 Å². The number of benzene rings is 1. The molecule has 1 heterocycles. The number of nitrogens with zero attached hydrogens (tertiary/aromatic N) is 1. The summed E-state index contributed by atoms with van der Waals surface area (Å²) in [6, 6.07) is 7.68. The van der Waals surface area contributed by atoms with E-state index in [-0.39, 0.29) is 23.5 Å². The van der Waals surface area contributed by atoms with E-state index in [1.165, 1.54) is 18.3 Å². The average Bonchev–Trinajstić information content (AvgIpc) is 2.41. The van der Waals surface area contributed by atoms with Gasteiger partial charge in [0.05, 0.1) is 6.04 Å². The first-order valence-corrected chi connectivity index (χ1v) is 6.26. The molecule has 1 amide bonds. The van der Waals surface area contributed by atoms with Crippen LogP contribution in [0.5, 0.6) is 0 Å². The fourth-order valence-corrected chi connectivity index (χ4v) is 1.80. The number of rotatable bonds is 3. The van der Waals surface area contributed by atoms with Gasteiger partial charge in [-0.1, -0.05) is 12.1 Å². The summed E-state index contributed by atoms with van der Waals surface area (Å²) < 4.78 is 13.5. The third-order valence-corrected chi connectivity index (χ3v) is 3.06. The Labute approximate surface area is 116 Å². The first kappa shape index (κ1) is 14.0. The Bertz CT molecular complexity index is 643. The van der Waals surface area contributed by atoms with Crippen molar-refractivity contribution < 1.29 is 9.18 Å². The summed E-state index contributed by atoms with van der Waals surface area (Å²) in [6.07, 6.45) is 1.47. The van der Waals surface area contributed by atoms with Crippen molar-refractivity contribution in [3.63, 3.8) is 0 Å². The van der Waals surface area contributed by atoms with E-state index in [2.05, 4.69) is 10.3 Å². The van der Waals surface area contributed by atoms with Crippen LogP contribution in [0.15, 0.2) is 36.5 Å². The standard InChI is InChI=1S/C15H16FN3O/c1-9-3-4-11(7-13(9)16)10(2)19-15(20)14-8-12(17)5-6-18-14/h3-8,10H,1-2H3,(H2,17,18)(H,19,20). The summed E-state index contributed by atoms with van der Waals surface area (Å²) in [4.78, 5) is 16.0. The number of carbonyl (C=O) groups excluding carboxylic acids is 1. The van der Waals surface area contributed by atoms with Gasteiger partial charge in [0.2, 0.25) is 0 Å². The van der Waals surface area contributed by atoms with Gasteiger partial charge in [0.15, 0.2) is 0 Å². The monoisotopic (exact) mass is 273 g/mol. The van der Waals surface area contributed by atoms with Crippen molar-refractivity contribution in [2.45, 2.75) is 19.9 Å². The number of halogens is 1. The molecule has 2 aromatic rings. The van der Waals surface area contributed by atoms with Crippen LogP contribution in [-0.2, 0) is 0 Å². The minimum absolute atomic E-state index is 0.240. The molecule has 0 aliphatic heterocycles. The normalized spacial score (nSPS) is 11.9. The maximum Gasteiger partial charge on any atom is 0.270 e. The molecule has 0 aliphatic rings. The van der Waals surface area contributed by atoms with Crippen molar-refractivity contribution in [1.82, 2.24) is 10.3 Å². The molecule has 1 aromatic heterocycles. The number of carbonyl (C=O) groups is 1. The van der Waals surface area contributed by atoms with Crippen LogP contribution in [0.4, 0.5) is 10.1 Å². The molecular formula is C15H16FN3O. The second-order valence-corrected chi connectivity index (χ2v) is 4.68. The third kappa shape index (κ3) is 3.12. The average molecular weight is 273 g/mol. The minimum Gasteiger partial charge on any atom is -0.399 e. The highest BCUT2D eigenvalue weighted by Gasteiger charge is 2.13. The first-order valence-electron chi connectivity index (χ1n) is 6.26. The molecule has 3 N–H and O–H groups in total. The first-order chi connectivity index (χ1) is 9.47. The van der Waals surface area contributed by atoms with Crippen molar-refractivity contribution in [3.05, 3.63) is 59.2 Å². The van der Waals surface area contributed by atoms with Crippen LogP contribution >= 0.6 is 0 Å². The molecule has 2 rings (SSSR count). The van der Waals surface area contributed by atoms with Gasteiger partial charge in [-0.25, -0.2) is 4.39 Å². The van der Waals surface area contributed by atoms with Crippen LogP contribution in [0, 0.1) is 12.7 Å². The molecule has 0 aliphatic carbocycles. The summed E-state index contributed by atoms with van der Waals surface area (Å²) >= 11 is 0. The number of nitrogens with two attached hydrogens (primary N) is 1. The summed E-state index contributed by atoms with van der Waals surface area (Å²) in [7, 11) is 0. The van der Waals surface area contributed by atoms with Gasteiger partial charge in [0.1, 0.15) is 11.5 Å². The Morgan fingerprint density at radius 3 is 2.75 bits per heavy atom. The fourth-order valence-electron chi connectivity index (χ4n) is 1.80. The minimum atomic E-state index is -0.342. The molecule has 0 saturated heterocycles. The van der Waals surface area contributed by atoms with E-state index in [1.54, 1.807) is 32.0 Å². The highest BCUT2D eigenvalue weighted by atomic mass is 19.1. The fraction of sp³-hybridized carbons (Fsp3) is 0.200. The molecule has 5 heteroatoms. The van der Waals surface area contributed by atoms with Crippen LogP contribution < -0.4 is 11.1 Å². The molecule has 0 radical (unpaired) electrons. The summed E-state index contributed by atoms with van der Waals surface area (Å²) in [5, 5.41) is 2.76. The zero-order valence-corrected chi connectivity index (χ0v) is 11.4. The Hall–Kier alpha value is -2.43. The second kappa shape index (κ2) is 5.69. The summed E-state index contributed by atoms with van der Waals surface area (Å²) in [5.41, 5.74) is 7.59. The lowest BCUT2D eigenvalue weighted by Gasteiger charge is -2.14. The Morgan fingerprint density at radius 2 is 2.10 bits per heavy atom. The number of aryl methyl sites for hydroxylation is 1. The number of nitrogens with one attached hydrogen (secondary N) is 1. The lowest BCUT2D eigenvalue weighted by Crippen LogP contribution is -2.27. The van der Waals surface area contributed by atoms with Crippen LogP contribution in [0.1, 0.15) is 34.6 Å². The number of hydrogen-bond acceptors (Lipinski definition) is 3. The van der Waals surface area contributed by atoms with Crippen LogP contribution in [-0.4, -0.2) is 10.9 Å². The van der Waals surface area contributed by atoms with E-state index in [0.29, 0.717) is 16.8 Å². The Morgan fingerprint density at radius 1 is 1.35 bits per heavy atom. The zero-order valence-electron chi connectivity index (χ0n) is 11.4. The summed E-state index contributed by atoms with van der Waals surface area (Å²) in [6.45, 7) is 3.48. The summed E-state index contributed by atoms with van der Waals surface area (Å²) in [5.74, 6) is -0.628. The van der Waals surface area contributed by atoms with E-state index in [4.69, 9.17) is 5.73 Å². The number of aromatic nitrogens is 1. The van der Waals surface area contributed by atoms with Crippen LogP contribution in [0.25, 0.3) is 0 Å². The highest BCUT2D eigenvalue weighted by Crippen LogP contribution is 2.16. The molecule has 1 atom stereocenters. The van der Waals surface area contributed by atoms with E-state index >= 15 is 0 Å². The van der Waals surface area contributed by atoms with Gasteiger partial charge in [0.25, 0.3) is 5.91 Å². The smallest absolute Gasteiger partial charge is 0.270 e. The number of amides is 1. The van der Waals surface area contributed by atoms with Gasteiger partial charge >= 0.3 is 0 Å². The molecule has 4 nitrogen and oxygen atoms in total. The Kier molecular flexibility index (Phi) is 3.98. The maximum absolute atomic E-state index is 13.5. The van der Waals surface area contributed by atoms with Crippen molar-refractivity contribution in [1.29, 1.82) is 0 Å². The number of pyridine rings is 1. The number of anilines is 1. The molecule has 1 aromatic carbocycles. The zero-order chi connectivity index (χ0) is 14.7. The maximum atomic E-state index is 13.5. The van der Waals surface area contributed by atoms with Crippen molar-refractivity contribution in [2.24, 2.45) is 0 Å². The van der Waals surface area contributed by atoms with Crippen LogP contribution in [0.3, 0.4) is 0 Å². The molecule has 0 bridgehead atoms. The molecule has 0 spiro atoms. The van der Waals surface area contributed by atoms with Crippen molar-refractivity contribution in [3.8, 4) is 0 Å². The third-order valence-electron chi connectivity index (χ3n) is 3.06. The van der Waals surface area contributed by atoms with Gasteiger partial charge in [-0.3, -0.25) is 9.78 Å². The van der Waals surface area contributed by atoms with E-state index in [9.17, 15) is 9.18 Å². The quantitative estimate of drug-likeness (QED) is 0.903. The topological polar surface area (TPSA) is 68.0 Å². The molecule has 104 valence electrons. The van der Waals surface area contributed by atoms with E-state index in [0.717, 1.165) is 0 Å². The van der Waals surface area contributed by atoms with Crippen molar-refractivity contribution >= 4 is 11.6 Å². The van der Waals surface area contributed by atoms with Gasteiger partial charge < -0.3 is 11.1 Å². The lowest BCUT2D eigenvalue weighted by molar-refractivity contribution is 0.0935. The lowest BCUT2D eigenvalue weighted by atomic mass is 10.1. The van der Waals surface area contributed by atoms with Gasteiger partial charge in [-0.2, -0.15) is 0 Å². The molecule has 1 unspecified atom stereocenters. The van der Waals surface area contributed by atoms with E-state index in [1.807, 2.05) is 0 Å². The van der Waals surface area contributed by atoms with Gasteiger partial charge in [-0.05, 0) is 43.2 Å². The number of hydrogen-bond donors (Lipinski definition) is 2. The SMILES string of the molecule is Cc1ccc(C(C)NC(=O)c2cc(N)ccn2)cc1F. The molecular weight excluding hydrogens is 257 g/mol. The van der Waals surface area contributed by atoms with Crippen LogP contribution in [0.2, 0.25) is 0 Å². The molecule has 20 heavy (non-hydrogen) atoms. The highest BCUT2D eigenvalue weighted by molar-refractivity contribution is 5.93. The molecule has 0 saturated carbocycles. The predicted octanol–water partition coefficient (Wildman–Crippen LogP) is 2.60. The van der Waals surface area contributed by atoms with Gasteiger partial charge in [0, 0.05) is 11.9 Å². The van der Waals surface area contributed by atoms with E-state index < -0.39 is 0 Å². The molecule has 0 fully saturated rings. The largest absolute Gasteiger partial charge is 0.399 e. The second-order valence-electron chi connectivity index (χ2n) is 4.68. The van der Waals surface area contributed by atoms with Crippen molar-refractivity contribution in [2.75, 3.05) is 5.73 Å². The Balaban J connectivity index is 2.13. The number of nitrogen functional groups attached to an aromatic ring is 1. The predicted molar refractivity (Wildman–Crippen MR) is 75.7 cm³/mol.